The Bertz CT molecular complexity index is 675. The third kappa shape index (κ3) is 3.04. The van der Waals surface area contributed by atoms with Gasteiger partial charge in [-0.05, 0) is 19.3 Å². The van der Waals surface area contributed by atoms with Crippen molar-refractivity contribution in [2.24, 2.45) is 7.05 Å². The number of piperidine rings is 1. The van der Waals surface area contributed by atoms with Gasteiger partial charge < -0.3 is 10.0 Å². The standard InChI is InChI=1S/C13H17N3O5/c1-14-10(17)5-7-15(13(14)21)8-11(18)16-6-3-2-4-9(16)12(19)20/h5,7,9H,2-4,6,8H2,1H3,(H,19,20)/t9-/m0/s1. The van der Waals surface area contributed by atoms with Crippen molar-refractivity contribution in [2.45, 2.75) is 31.8 Å². The second kappa shape index (κ2) is 5.94. The van der Waals surface area contributed by atoms with Crippen molar-refractivity contribution in [3.63, 3.8) is 0 Å². The maximum Gasteiger partial charge on any atom is 0.331 e. The van der Waals surface area contributed by atoms with Crippen LogP contribution < -0.4 is 11.2 Å². The minimum Gasteiger partial charge on any atom is -0.480 e. The first kappa shape index (κ1) is 15.0. The SMILES string of the molecule is Cn1c(=O)ccn(CC(=O)N2CCCC[C@H]2C(=O)O)c1=O. The summed E-state index contributed by atoms with van der Waals surface area (Å²) in [5.74, 6) is -1.46. The number of carbonyl (C=O) groups is 2. The first-order valence-corrected chi connectivity index (χ1v) is 6.70. The van der Waals surface area contributed by atoms with Crippen LogP contribution in [0.2, 0.25) is 0 Å². The van der Waals surface area contributed by atoms with Crippen LogP contribution in [0.5, 0.6) is 0 Å². The van der Waals surface area contributed by atoms with Gasteiger partial charge in [-0.15, -0.1) is 0 Å². The molecule has 0 unspecified atom stereocenters. The number of nitrogens with zero attached hydrogens (tertiary/aromatic N) is 3. The predicted octanol–water partition coefficient (Wildman–Crippen LogP) is -0.987. The molecule has 1 aliphatic rings. The van der Waals surface area contributed by atoms with Gasteiger partial charge in [-0.2, -0.15) is 0 Å². The number of hydrogen-bond acceptors (Lipinski definition) is 4. The average molecular weight is 295 g/mol. The summed E-state index contributed by atoms with van der Waals surface area (Å²) in [6.45, 7) is 0.104. The number of hydrogen-bond donors (Lipinski definition) is 1. The molecular formula is C13H17N3O5. The van der Waals surface area contributed by atoms with Gasteiger partial charge in [0.05, 0.1) is 0 Å². The second-order valence-corrected chi connectivity index (χ2v) is 5.06. The molecule has 0 bridgehead atoms. The number of carbonyl (C=O) groups excluding carboxylic acids is 1. The van der Waals surface area contributed by atoms with E-state index in [4.69, 9.17) is 5.11 Å². The maximum absolute atomic E-state index is 12.2. The first-order valence-electron chi connectivity index (χ1n) is 6.70. The molecule has 1 aliphatic heterocycles. The number of aliphatic carboxylic acids is 1. The van der Waals surface area contributed by atoms with Gasteiger partial charge in [-0.3, -0.25) is 18.7 Å². The van der Waals surface area contributed by atoms with E-state index in [0.29, 0.717) is 13.0 Å². The average Bonchev–Trinajstić information content (AvgIpc) is 2.47. The van der Waals surface area contributed by atoms with E-state index < -0.39 is 29.2 Å². The smallest absolute Gasteiger partial charge is 0.331 e. The largest absolute Gasteiger partial charge is 0.480 e. The topological polar surface area (TPSA) is 102 Å². The molecule has 1 aromatic heterocycles. The van der Waals surface area contributed by atoms with Crippen molar-refractivity contribution in [1.29, 1.82) is 0 Å². The first-order chi connectivity index (χ1) is 9.91. The van der Waals surface area contributed by atoms with E-state index in [2.05, 4.69) is 0 Å². The molecule has 8 nitrogen and oxygen atoms in total. The number of amides is 1. The number of carboxylic acids is 1. The van der Waals surface area contributed by atoms with Crippen molar-refractivity contribution in [3.8, 4) is 0 Å². The number of likely N-dealkylation sites (tertiary alicyclic amines) is 1. The molecule has 1 saturated heterocycles. The van der Waals surface area contributed by atoms with Crippen LogP contribution in [-0.2, 0) is 23.2 Å². The normalized spacial score (nSPS) is 18.5. The van der Waals surface area contributed by atoms with Crippen molar-refractivity contribution in [3.05, 3.63) is 33.1 Å². The van der Waals surface area contributed by atoms with Gasteiger partial charge in [0.15, 0.2) is 0 Å². The molecule has 1 aromatic rings. The fourth-order valence-electron chi connectivity index (χ4n) is 2.46. The number of carboxylic acid groups (broad SMARTS) is 1. The molecule has 1 fully saturated rings. The van der Waals surface area contributed by atoms with Crippen LogP contribution >= 0.6 is 0 Å². The van der Waals surface area contributed by atoms with Crippen LogP contribution in [0.25, 0.3) is 0 Å². The minimum atomic E-state index is -1.03. The molecule has 1 atom stereocenters. The highest BCUT2D eigenvalue weighted by Crippen LogP contribution is 2.17. The highest BCUT2D eigenvalue weighted by Gasteiger charge is 2.31. The summed E-state index contributed by atoms with van der Waals surface area (Å²) < 4.78 is 2.01. The monoisotopic (exact) mass is 295 g/mol. The van der Waals surface area contributed by atoms with Gasteiger partial charge >= 0.3 is 11.7 Å². The summed E-state index contributed by atoms with van der Waals surface area (Å²) in [5.41, 5.74) is -1.05. The van der Waals surface area contributed by atoms with E-state index in [1.807, 2.05) is 0 Å². The molecule has 1 N–H and O–H groups in total. The maximum atomic E-state index is 12.2. The van der Waals surface area contributed by atoms with Crippen LogP contribution in [0.1, 0.15) is 19.3 Å². The highest BCUT2D eigenvalue weighted by molar-refractivity contribution is 5.83. The Kier molecular flexibility index (Phi) is 4.25. The van der Waals surface area contributed by atoms with E-state index in [9.17, 15) is 19.2 Å². The van der Waals surface area contributed by atoms with E-state index in [1.165, 1.54) is 24.2 Å². The fraction of sp³-hybridized carbons (Fsp3) is 0.538. The van der Waals surface area contributed by atoms with Gasteiger partial charge in [-0.25, -0.2) is 9.59 Å². The van der Waals surface area contributed by atoms with Gasteiger partial charge in [0.2, 0.25) is 5.91 Å². The van der Waals surface area contributed by atoms with Gasteiger partial charge in [0.1, 0.15) is 12.6 Å². The van der Waals surface area contributed by atoms with Crippen molar-refractivity contribution in [1.82, 2.24) is 14.0 Å². The van der Waals surface area contributed by atoms with Gasteiger partial charge in [-0.1, -0.05) is 0 Å². The molecule has 8 heteroatoms. The molecule has 0 aromatic carbocycles. The van der Waals surface area contributed by atoms with Crippen LogP contribution in [0.15, 0.2) is 21.9 Å². The van der Waals surface area contributed by atoms with Crippen molar-refractivity contribution < 1.29 is 14.7 Å². The summed E-state index contributed by atoms with van der Waals surface area (Å²) >= 11 is 0. The Hall–Kier alpha value is -2.38. The zero-order chi connectivity index (χ0) is 15.6. The molecule has 0 radical (unpaired) electrons. The minimum absolute atomic E-state index is 0.267. The van der Waals surface area contributed by atoms with Crippen LogP contribution in [0.3, 0.4) is 0 Å². The van der Waals surface area contributed by atoms with Crippen molar-refractivity contribution >= 4 is 11.9 Å². The lowest BCUT2D eigenvalue weighted by atomic mass is 10.0. The van der Waals surface area contributed by atoms with E-state index in [1.54, 1.807) is 0 Å². The van der Waals surface area contributed by atoms with E-state index in [0.717, 1.165) is 22.0 Å². The zero-order valence-electron chi connectivity index (χ0n) is 11.7. The summed E-state index contributed by atoms with van der Waals surface area (Å²) in [4.78, 5) is 47.9. The molecule has 2 rings (SSSR count). The molecule has 2 heterocycles. The summed E-state index contributed by atoms with van der Waals surface area (Å²) in [5, 5.41) is 9.15. The van der Waals surface area contributed by atoms with Crippen molar-refractivity contribution in [2.75, 3.05) is 6.54 Å². The highest BCUT2D eigenvalue weighted by atomic mass is 16.4. The van der Waals surface area contributed by atoms with Gasteiger partial charge in [0.25, 0.3) is 5.56 Å². The van der Waals surface area contributed by atoms with E-state index in [-0.39, 0.29) is 6.54 Å². The Morgan fingerprint density at radius 1 is 1.33 bits per heavy atom. The third-order valence-electron chi connectivity index (χ3n) is 3.67. The molecular weight excluding hydrogens is 278 g/mol. The Balaban J connectivity index is 2.21. The lowest BCUT2D eigenvalue weighted by Gasteiger charge is -2.33. The molecule has 0 aliphatic carbocycles. The summed E-state index contributed by atoms with van der Waals surface area (Å²) in [6, 6.07) is 0.356. The molecule has 114 valence electrons. The zero-order valence-corrected chi connectivity index (χ0v) is 11.7. The quantitative estimate of drug-likeness (QED) is 0.771. The fourth-order valence-corrected chi connectivity index (χ4v) is 2.46. The Morgan fingerprint density at radius 3 is 2.71 bits per heavy atom. The Morgan fingerprint density at radius 2 is 2.05 bits per heavy atom. The lowest BCUT2D eigenvalue weighted by molar-refractivity contribution is -0.152. The summed E-state index contributed by atoms with van der Waals surface area (Å²) in [7, 11) is 1.33. The lowest BCUT2D eigenvalue weighted by Crippen LogP contribution is -2.50. The predicted molar refractivity (Wildman–Crippen MR) is 72.9 cm³/mol. The molecule has 21 heavy (non-hydrogen) atoms. The second-order valence-electron chi connectivity index (χ2n) is 5.06. The van der Waals surface area contributed by atoms with Crippen LogP contribution in [-0.4, -0.2) is 43.6 Å². The molecule has 0 spiro atoms. The van der Waals surface area contributed by atoms with E-state index >= 15 is 0 Å². The number of rotatable bonds is 3. The third-order valence-corrected chi connectivity index (χ3v) is 3.67. The van der Waals surface area contributed by atoms with Crippen LogP contribution in [0.4, 0.5) is 0 Å². The number of aromatic nitrogens is 2. The summed E-state index contributed by atoms with van der Waals surface area (Å²) in [6.07, 6.45) is 3.18. The van der Waals surface area contributed by atoms with Gasteiger partial charge in [0, 0.05) is 25.9 Å². The molecule has 0 saturated carbocycles. The Labute approximate surface area is 120 Å². The molecule has 1 amide bonds. The van der Waals surface area contributed by atoms with Crippen LogP contribution in [0, 0.1) is 0 Å².